The molecule has 0 spiro atoms. The molecule has 0 bridgehead atoms. The Hall–Kier alpha value is -3.34. The molecule has 2 aromatic heterocycles. The minimum atomic E-state index is -3.86. The number of carbonyl (C=O) groups is 2. The van der Waals surface area contributed by atoms with Crippen LogP contribution >= 0.6 is 12.9 Å². The molecule has 11 heteroatoms. The fourth-order valence-corrected chi connectivity index (χ4v) is 3.29. The van der Waals surface area contributed by atoms with Crippen LogP contribution in [0.4, 0.5) is 14.5 Å². The van der Waals surface area contributed by atoms with Crippen molar-refractivity contribution in [3.05, 3.63) is 53.5 Å². The van der Waals surface area contributed by atoms with Crippen molar-refractivity contribution >= 4 is 30.5 Å². The zero-order valence-corrected chi connectivity index (χ0v) is 18.2. The summed E-state index contributed by atoms with van der Waals surface area (Å²) in [6.07, 6.45) is 2.03. The SMILES string of the molecule is CCc1c(-c2ccc(O)cc2)noc1CC(F)(F)C(=O)Nc1cn(CC)cc1C(=O)OS. The van der Waals surface area contributed by atoms with E-state index in [0.717, 1.165) is 0 Å². The standard InChI is InChI=1S/C21H21F2N3O5S/c1-3-14-17(30-25-18(14)12-5-7-13(27)8-6-12)9-21(22,23)20(29)24-16-11-26(4-2)10-15(16)19(28)31-32/h5-8,10-11,27,32H,3-4,9H2,1-2H3,(H,24,29). The summed E-state index contributed by atoms with van der Waals surface area (Å²) < 4.78 is 40.6. The minimum absolute atomic E-state index is 0.0526. The number of rotatable bonds is 8. The zero-order chi connectivity index (χ0) is 23.5. The molecule has 32 heavy (non-hydrogen) atoms. The van der Waals surface area contributed by atoms with Gasteiger partial charge in [-0.15, -0.1) is 0 Å². The third-order valence-electron chi connectivity index (χ3n) is 4.87. The number of nitrogens with zero attached hydrogens (tertiary/aromatic N) is 2. The highest BCUT2D eigenvalue weighted by atomic mass is 32.1. The number of benzene rings is 1. The van der Waals surface area contributed by atoms with Crippen molar-refractivity contribution in [2.45, 2.75) is 39.2 Å². The average molecular weight is 465 g/mol. The first-order valence-electron chi connectivity index (χ1n) is 9.71. The van der Waals surface area contributed by atoms with Gasteiger partial charge in [0.05, 0.1) is 12.1 Å². The fraction of sp³-hybridized carbons (Fsp3) is 0.286. The Balaban J connectivity index is 1.84. The van der Waals surface area contributed by atoms with E-state index in [2.05, 4.69) is 27.6 Å². The summed E-state index contributed by atoms with van der Waals surface area (Å²) in [6.45, 7) is 3.97. The molecule has 0 atom stereocenters. The lowest BCUT2D eigenvalue weighted by atomic mass is 10.0. The Bertz CT molecular complexity index is 1130. The molecule has 2 heterocycles. The van der Waals surface area contributed by atoms with Crippen LogP contribution in [0.1, 0.15) is 35.5 Å². The second-order valence-electron chi connectivity index (χ2n) is 6.96. The van der Waals surface area contributed by atoms with Crippen LogP contribution in [0.5, 0.6) is 5.75 Å². The number of amides is 1. The summed E-state index contributed by atoms with van der Waals surface area (Å²) >= 11 is 3.43. The van der Waals surface area contributed by atoms with Gasteiger partial charge in [0, 0.05) is 43.0 Å². The van der Waals surface area contributed by atoms with Crippen molar-refractivity contribution in [2.24, 2.45) is 0 Å². The van der Waals surface area contributed by atoms with Crippen LogP contribution in [0, 0.1) is 0 Å². The third-order valence-corrected chi connectivity index (χ3v) is 5.04. The molecule has 1 aromatic carbocycles. The van der Waals surface area contributed by atoms with E-state index in [4.69, 9.17) is 4.52 Å². The first-order chi connectivity index (χ1) is 15.2. The van der Waals surface area contributed by atoms with Gasteiger partial charge in [0.25, 0.3) is 5.91 Å². The van der Waals surface area contributed by atoms with E-state index in [9.17, 15) is 23.5 Å². The van der Waals surface area contributed by atoms with Gasteiger partial charge in [0.2, 0.25) is 0 Å². The van der Waals surface area contributed by atoms with Crippen molar-refractivity contribution in [3.8, 4) is 17.0 Å². The number of aryl methyl sites for hydroxylation is 1. The molecule has 0 saturated carbocycles. The van der Waals surface area contributed by atoms with Crippen LogP contribution in [-0.2, 0) is 28.4 Å². The number of alkyl halides is 2. The van der Waals surface area contributed by atoms with Gasteiger partial charge in [0.1, 0.15) is 22.8 Å². The molecule has 0 aliphatic rings. The molecular formula is C21H21F2N3O5S. The Morgan fingerprint density at radius 1 is 1.25 bits per heavy atom. The van der Waals surface area contributed by atoms with Crippen LogP contribution in [0.3, 0.4) is 0 Å². The lowest BCUT2D eigenvalue weighted by molar-refractivity contribution is -0.139. The molecule has 170 valence electrons. The largest absolute Gasteiger partial charge is 0.508 e. The summed E-state index contributed by atoms with van der Waals surface area (Å²) in [4.78, 5) is 24.2. The van der Waals surface area contributed by atoms with Gasteiger partial charge in [-0.2, -0.15) is 8.78 Å². The van der Waals surface area contributed by atoms with Crippen molar-refractivity contribution < 1.29 is 32.2 Å². The number of thiol groups is 1. The quantitative estimate of drug-likeness (QED) is 0.339. The van der Waals surface area contributed by atoms with Crippen LogP contribution in [0.15, 0.2) is 41.2 Å². The molecule has 2 N–H and O–H groups in total. The smallest absolute Gasteiger partial charge is 0.353 e. The maximum absolute atomic E-state index is 14.8. The third kappa shape index (κ3) is 4.77. The molecule has 0 aliphatic carbocycles. The van der Waals surface area contributed by atoms with E-state index < -0.39 is 24.2 Å². The van der Waals surface area contributed by atoms with E-state index >= 15 is 0 Å². The molecule has 0 saturated heterocycles. The maximum atomic E-state index is 14.8. The van der Waals surface area contributed by atoms with Gasteiger partial charge in [-0.25, -0.2) is 4.79 Å². The molecule has 0 unspecified atom stereocenters. The number of nitrogens with one attached hydrogen (secondary N) is 1. The van der Waals surface area contributed by atoms with Crippen LogP contribution in [0.2, 0.25) is 0 Å². The highest BCUT2D eigenvalue weighted by molar-refractivity contribution is 7.75. The van der Waals surface area contributed by atoms with Crippen molar-refractivity contribution in [3.63, 3.8) is 0 Å². The first kappa shape index (κ1) is 23.3. The van der Waals surface area contributed by atoms with Crippen LogP contribution in [-0.4, -0.2) is 32.6 Å². The molecule has 8 nitrogen and oxygen atoms in total. The second-order valence-corrected chi connectivity index (χ2v) is 7.15. The zero-order valence-electron chi connectivity index (χ0n) is 17.3. The number of anilines is 1. The number of aromatic nitrogens is 2. The summed E-state index contributed by atoms with van der Waals surface area (Å²) in [5.41, 5.74) is 1.15. The second kappa shape index (κ2) is 9.43. The summed E-state index contributed by atoms with van der Waals surface area (Å²) in [5, 5.41) is 15.4. The molecule has 0 fully saturated rings. The summed E-state index contributed by atoms with van der Waals surface area (Å²) in [6, 6.07) is 6.06. The minimum Gasteiger partial charge on any atom is -0.508 e. The van der Waals surface area contributed by atoms with Crippen molar-refractivity contribution in [2.75, 3.05) is 5.32 Å². The summed E-state index contributed by atoms with van der Waals surface area (Å²) in [5.74, 6) is -6.43. The number of carbonyl (C=O) groups excluding carboxylic acids is 2. The molecule has 3 aromatic rings. The van der Waals surface area contributed by atoms with E-state index in [1.807, 2.05) is 0 Å². The van der Waals surface area contributed by atoms with Crippen molar-refractivity contribution in [1.29, 1.82) is 0 Å². The predicted octanol–water partition coefficient (Wildman–Crippen LogP) is 4.25. The molecule has 0 aliphatic heterocycles. The van der Waals surface area contributed by atoms with Gasteiger partial charge in [0.15, 0.2) is 0 Å². The van der Waals surface area contributed by atoms with Crippen LogP contribution in [0.25, 0.3) is 11.3 Å². The summed E-state index contributed by atoms with van der Waals surface area (Å²) in [7, 11) is 0. The van der Waals surface area contributed by atoms with E-state index in [1.165, 1.54) is 29.1 Å². The topological polar surface area (TPSA) is 107 Å². The number of phenols is 1. The van der Waals surface area contributed by atoms with E-state index in [-0.39, 0.29) is 22.8 Å². The number of aromatic hydroxyl groups is 1. The number of hydrogen-bond donors (Lipinski definition) is 3. The van der Waals surface area contributed by atoms with Gasteiger partial charge < -0.3 is 23.7 Å². The average Bonchev–Trinajstić information content (AvgIpc) is 3.37. The van der Waals surface area contributed by atoms with Gasteiger partial charge in [-0.1, -0.05) is 12.1 Å². The molecular weight excluding hydrogens is 444 g/mol. The molecule has 3 rings (SSSR count). The van der Waals surface area contributed by atoms with Gasteiger partial charge >= 0.3 is 11.9 Å². The Morgan fingerprint density at radius 2 is 1.94 bits per heavy atom. The predicted molar refractivity (Wildman–Crippen MR) is 115 cm³/mol. The Morgan fingerprint density at radius 3 is 2.53 bits per heavy atom. The normalized spacial score (nSPS) is 11.4. The lowest BCUT2D eigenvalue weighted by Gasteiger charge is -2.15. The highest BCUT2D eigenvalue weighted by Crippen LogP contribution is 2.32. The number of halogens is 2. The Kier molecular flexibility index (Phi) is 6.87. The monoisotopic (exact) mass is 465 g/mol. The lowest BCUT2D eigenvalue weighted by Crippen LogP contribution is -2.37. The Labute approximate surface area is 187 Å². The van der Waals surface area contributed by atoms with E-state index in [1.54, 1.807) is 26.0 Å². The number of phenolic OH excluding ortho intramolecular Hbond substituents is 1. The van der Waals surface area contributed by atoms with Crippen molar-refractivity contribution in [1.82, 2.24) is 9.72 Å². The van der Waals surface area contributed by atoms with Gasteiger partial charge in [-0.3, -0.25) is 4.79 Å². The van der Waals surface area contributed by atoms with E-state index in [0.29, 0.717) is 29.8 Å². The number of hydrogen-bond acceptors (Lipinski definition) is 7. The van der Waals surface area contributed by atoms with Crippen LogP contribution < -0.4 is 5.32 Å². The first-order valence-corrected chi connectivity index (χ1v) is 10.1. The maximum Gasteiger partial charge on any atom is 0.353 e. The highest BCUT2D eigenvalue weighted by Gasteiger charge is 2.42. The fourth-order valence-electron chi connectivity index (χ4n) is 3.19. The molecule has 1 amide bonds. The molecule has 0 radical (unpaired) electrons. The van der Waals surface area contributed by atoms with Gasteiger partial charge in [-0.05, 0) is 37.6 Å².